The zero-order chi connectivity index (χ0) is 53.0. The molecule has 2 unspecified atom stereocenters. The summed E-state index contributed by atoms with van der Waals surface area (Å²) in [4.78, 5) is 7.70. The number of aliphatic hydroxyl groups is 2. The lowest BCUT2D eigenvalue weighted by Gasteiger charge is -2.29. The van der Waals surface area contributed by atoms with E-state index in [1.165, 1.54) is 212 Å². The third-order valence-electron chi connectivity index (χ3n) is 14.4. The number of rotatable bonds is 59. The highest BCUT2D eigenvalue weighted by Crippen LogP contribution is 2.14. The molecule has 428 valence electrons. The van der Waals surface area contributed by atoms with Gasteiger partial charge in [-0.1, -0.05) is 209 Å². The van der Waals surface area contributed by atoms with E-state index in [4.69, 9.17) is 11.5 Å². The number of allylic oxidation sites excluding steroid dienone is 12. The summed E-state index contributed by atoms with van der Waals surface area (Å²) in [7, 11) is 0. The lowest BCUT2D eigenvalue weighted by atomic mass is 10.1. The highest BCUT2D eigenvalue weighted by atomic mass is 16.3. The first kappa shape index (κ1) is 71.2. The van der Waals surface area contributed by atoms with Crippen LogP contribution >= 0.6 is 0 Å². The van der Waals surface area contributed by atoms with E-state index in [9.17, 15) is 10.2 Å². The van der Waals surface area contributed by atoms with Crippen LogP contribution in [-0.4, -0.2) is 109 Å². The van der Waals surface area contributed by atoms with Gasteiger partial charge in [0.05, 0.1) is 12.2 Å². The molecule has 0 aromatic carbocycles. The van der Waals surface area contributed by atoms with Crippen LogP contribution in [-0.2, 0) is 0 Å². The van der Waals surface area contributed by atoms with Crippen LogP contribution < -0.4 is 11.5 Å². The molecular formula is C66H127N5O2. The van der Waals surface area contributed by atoms with Crippen molar-refractivity contribution in [2.24, 2.45) is 11.5 Å². The summed E-state index contributed by atoms with van der Waals surface area (Å²) in [5, 5.41) is 21.2. The van der Waals surface area contributed by atoms with Crippen LogP contribution in [0.25, 0.3) is 0 Å². The quantitative estimate of drug-likeness (QED) is 0.0356. The van der Waals surface area contributed by atoms with E-state index in [0.717, 1.165) is 77.9 Å². The van der Waals surface area contributed by atoms with E-state index in [2.05, 4.69) is 108 Å². The van der Waals surface area contributed by atoms with Gasteiger partial charge in [0.25, 0.3) is 0 Å². The molecule has 0 bridgehead atoms. The summed E-state index contributed by atoms with van der Waals surface area (Å²) >= 11 is 0. The number of unbranched alkanes of at least 4 members (excludes halogenated alkanes) is 27. The number of nitrogens with two attached hydrogens (primary N) is 2. The summed E-state index contributed by atoms with van der Waals surface area (Å²) in [5.41, 5.74) is 11.8. The molecule has 0 aliphatic carbocycles. The summed E-state index contributed by atoms with van der Waals surface area (Å²) in [6.45, 7) is 16.3. The van der Waals surface area contributed by atoms with Crippen molar-refractivity contribution >= 4 is 0 Å². The first-order valence-corrected chi connectivity index (χ1v) is 31.8. The van der Waals surface area contributed by atoms with Gasteiger partial charge in [0.2, 0.25) is 0 Å². The van der Waals surface area contributed by atoms with Crippen LogP contribution in [0.15, 0.2) is 72.9 Å². The van der Waals surface area contributed by atoms with Crippen LogP contribution in [0.1, 0.15) is 265 Å². The van der Waals surface area contributed by atoms with Crippen molar-refractivity contribution < 1.29 is 10.2 Å². The molecule has 0 saturated carbocycles. The lowest BCUT2D eigenvalue weighted by Crippen LogP contribution is -2.40. The third-order valence-corrected chi connectivity index (χ3v) is 14.4. The highest BCUT2D eigenvalue weighted by Gasteiger charge is 2.14. The molecule has 7 nitrogen and oxygen atoms in total. The van der Waals surface area contributed by atoms with Crippen LogP contribution in [0, 0.1) is 0 Å². The average Bonchev–Trinajstić information content (AvgIpc) is 3.39. The highest BCUT2D eigenvalue weighted by molar-refractivity contribution is 4.94. The zero-order valence-electron chi connectivity index (χ0n) is 49.1. The Labute approximate surface area is 456 Å². The summed E-state index contributed by atoms with van der Waals surface area (Å²) in [6.07, 6.45) is 75.2. The minimum atomic E-state index is -0.460. The van der Waals surface area contributed by atoms with E-state index in [0.29, 0.717) is 26.2 Å². The van der Waals surface area contributed by atoms with E-state index in [-0.39, 0.29) is 0 Å². The van der Waals surface area contributed by atoms with Crippen molar-refractivity contribution in [2.45, 2.75) is 277 Å². The monoisotopic (exact) mass is 1020 g/mol. The molecule has 0 aliphatic rings. The molecule has 6 N–H and O–H groups in total. The van der Waals surface area contributed by atoms with Gasteiger partial charge in [0, 0.05) is 26.2 Å². The van der Waals surface area contributed by atoms with Gasteiger partial charge in [-0.05, 0) is 174 Å². The molecule has 0 heterocycles. The van der Waals surface area contributed by atoms with Crippen LogP contribution in [0.5, 0.6) is 0 Å². The van der Waals surface area contributed by atoms with Gasteiger partial charge in [0.15, 0.2) is 0 Å². The number of hydrogen-bond donors (Lipinski definition) is 4. The van der Waals surface area contributed by atoms with Crippen molar-refractivity contribution in [2.75, 3.05) is 72.0 Å². The maximum Gasteiger partial charge on any atom is 0.0789 e. The molecule has 0 saturated heterocycles. The van der Waals surface area contributed by atoms with Crippen molar-refractivity contribution in [3.63, 3.8) is 0 Å². The minimum absolute atomic E-state index is 0.324. The fourth-order valence-corrected chi connectivity index (χ4v) is 9.68. The van der Waals surface area contributed by atoms with Crippen LogP contribution in [0.3, 0.4) is 0 Å². The van der Waals surface area contributed by atoms with E-state index >= 15 is 0 Å². The second-order valence-electron chi connectivity index (χ2n) is 21.7. The number of aliphatic hydroxyl groups excluding tert-OH is 2. The van der Waals surface area contributed by atoms with Crippen molar-refractivity contribution in [3.05, 3.63) is 72.9 Å². The lowest BCUT2D eigenvalue weighted by molar-refractivity contribution is 0.109. The van der Waals surface area contributed by atoms with Gasteiger partial charge in [-0.2, -0.15) is 0 Å². The topological polar surface area (TPSA) is 102 Å². The Morgan fingerprint density at radius 3 is 0.767 bits per heavy atom. The largest absolute Gasteiger partial charge is 0.390 e. The van der Waals surface area contributed by atoms with Gasteiger partial charge < -0.3 is 36.4 Å². The maximum atomic E-state index is 10.6. The second kappa shape index (κ2) is 61.0. The zero-order valence-corrected chi connectivity index (χ0v) is 49.1. The standard InChI is InChI=1S/C66H127N5O2/c1-4-7-10-13-16-19-22-25-28-31-34-37-40-43-46-49-54-69(57-52-59-70(63-65(72)61-67)55-50-47-44-41-38-35-32-29-26-23-20-17-14-11-8-5-2)58-53-60-71(64-66(73)62-68)56-51-48-45-42-39-36-33-30-27-24-21-18-15-12-9-6-3/h16-21,25-30,65-66,72-73H,4-15,22-24,31-64,67-68H2,1-3H3/b19-16?,20-17-,21-18?,28-25-,29-26?,30-27-. The van der Waals surface area contributed by atoms with Crippen molar-refractivity contribution in [1.82, 2.24) is 14.7 Å². The Bertz CT molecular complexity index is 1180. The Hall–Kier alpha value is -1.84. The molecule has 0 aliphatic heterocycles. The Balaban J connectivity index is 4.96. The Kier molecular flexibility index (Phi) is 59.5. The first-order chi connectivity index (χ1) is 36.0. The molecule has 7 heteroatoms. The molecule has 2 atom stereocenters. The average molecular weight is 1020 g/mol. The second-order valence-corrected chi connectivity index (χ2v) is 21.7. The van der Waals surface area contributed by atoms with E-state index < -0.39 is 12.2 Å². The molecule has 0 rings (SSSR count). The molecule has 0 aromatic heterocycles. The summed E-state index contributed by atoms with van der Waals surface area (Å²) in [5.74, 6) is 0. The third kappa shape index (κ3) is 56.2. The van der Waals surface area contributed by atoms with Crippen LogP contribution in [0.4, 0.5) is 0 Å². The fourth-order valence-electron chi connectivity index (χ4n) is 9.68. The Morgan fingerprint density at radius 2 is 0.493 bits per heavy atom. The Morgan fingerprint density at radius 1 is 0.274 bits per heavy atom. The normalized spacial score (nSPS) is 13.6. The SMILES string of the molecule is CCCCCC=CC/C=C\CCCCCCCCN(CCCN(CCCCCCCCC=CC/C=C\CCCCC)CC(O)CN)CCCN(CCCCCCCC/C=C\CC=CCCCCC)CC(O)CN. The summed E-state index contributed by atoms with van der Waals surface area (Å²) in [6, 6.07) is 0. The predicted octanol–water partition coefficient (Wildman–Crippen LogP) is 16.8. The van der Waals surface area contributed by atoms with Gasteiger partial charge in [-0.3, -0.25) is 0 Å². The molecule has 0 aromatic rings. The molecule has 0 spiro atoms. The smallest absolute Gasteiger partial charge is 0.0789 e. The van der Waals surface area contributed by atoms with E-state index in [1.807, 2.05) is 0 Å². The maximum absolute atomic E-state index is 10.6. The minimum Gasteiger partial charge on any atom is -0.390 e. The van der Waals surface area contributed by atoms with Crippen molar-refractivity contribution in [3.8, 4) is 0 Å². The summed E-state index contributed by atoms with van der Waals surface area (Å²) < 4.78 is 0. The van der Waals surface area contributed by atoms with Crippen molar-refractivity contribution in [1.29, 1.82) is 0 Å². The fraction of sp³-hybridized carbons (Fsp3) is 0.818. The predicted molar refractivity (Wildman–Crippen MR) is 327 cm³/mol. The first-order valence-electron chi connectivity index (χ1n) is 31.8. The molecule has 73 heavy (non-hydrogen) atoms. The molecule has 0 fully saturated rings. The molecule has 0 amide bonds. The molecular weight excluding hydrogens is 895 g/mol. The van der Waals surface area contributed by atoms with E-state index in [1.54, 1.807) is 0 Å². The van der Waals surface area contributed by atoms with Crippen LogP contribution in [0.2, 0.25) is 0 Å². The van der Waals surface area contributed by atoms with Gasteiger partial charge >= 0.3 is 0 Å². The molecule has 0 radical (unpaired) electrons. The van der Waals surface area contributed by atoms with Gasteiger partial charge in [-0.25, -0.2) is 0 Å². The van der Waals surface area contributed by atoms with Gasteiger partial charge in [0.1, 0.15) is 0 Å². The van der Waals surface area contributed by atoms with Gasteiger partial charge in [-0.15, -0.1) is 0 Å². The number of nitrogens with zero attached hydrogens (tertiary/aromatic N) is 3. The number of hydrogen-bond acceptors (Lipinski definition) is 7.